The van der Waals surface area contributed by atoms with Gasteiger partial charge in [-0.05, 0) is 50.8 Å². The van der Waals surface area contributed by atoms with Crippen molar-refractivity contribution in [3.8, 4) is 0 Å². The van der Waals surface area contributed by atoms with Gasteiger partial charge >= 0.3 is 0 Å². The molecule has 0 bridgehead atoms. The summed E-state index contributed by atoms with van der Waals surface area (Å²) in [4.78, 5) is 24.8. The third-order valence-corrected chi connectivity index (χ3v) is 4.75. The molecule has 0 atom stereocenters. The van der Waals surface area contributed by atoms with Crippen LogP contribution in [0.3, 0.4) is 0 Å². The van der Waals surface area contributed by atoms with Gasteiger partial charge in [0.25, 0.3) is 5.91 Å². The summed E-state index contributed by atoms with van der Waals surface area (Å²) < 4.78 is 0. The molecule has 0 aromatic heterocycles. The maximum Gasteiger partial charge on any atom is 0.253 e. The molecule has 0 radical (unpaired) electrons. The van der Waals surface area contributed by atoms with Crippen molar-refractivity contribution >= 4 is 17.5 Å². The Kier molecular flexibility index (Phi) is 6.37. The van der Waals surface area contributed by atoms with E-state index in [2.05, 4.69) is 10.6 Å². The molecule has 0 saturated heterocycles. The number of nitrogens with one attached hydrogen (secondary N) is 2. The van der Waals surface area contributed by atoms with E-state index in [1.807, 2.05) is 19.9 Å². The summed E-state index contributed by atoms with van der Waals surface area (Å²) in [7, 11) is 0. The van der Waals surface area contributed by atoms with Gasteiger partial charge in [-0.25, -0.2) is 0 Å². The van der Waals surface area contributed by atoms with Crippen LogP contribution in [0.2, 0.25) is 0 Å². The fourth-order valence-electron chi connectivity index (χ4n) is 3.42. The summed E-state index contributed by atoms with van der Waals surface area (Å²) in [5, 5.41) is 5.78. The third kappa shape index (κ3) is 4.81. The summed E-state index contributed by atoms with van der Waals surface area (Å²) in [5.41, 5.74) is 6.93. The summed E-state index contributed by atoms with van der Waals surface area (Å²) in [6.45, 7) is 4.36. The first kappa shape index (κ1) is 18.5. The SMILES string of the molecule is CC(C)NC(=O)c1ccccc1NC(=O)CC1(CN)CCCCC1. The van der Waals surface area contributed by atoms with E-state index in [0.717, 1.165) is 25.7 Å². The van der Waals surface area contributed by atoms with Crippen molar-refractivity contribution in [2.24, 2.45) is 11.1 Å². The van der Waals surface area contributed by atoms with Crippen LogP contribution in [-0.2, 0) is 4.79 Å². The molecule has 0 spiro atoms. The number of carbonyl (C=O) groups is 2. The zero-order valence-electron chi connectivity index (χ0n) is 14.7. The van der Waals surface area contributed by atoms with Gasteiger partial charge in [-0.2, -0.15) is 0 Å². The lowest BCUT2D eigenvalue weighted by Crippen LogP contribution is -2.37. The molecule has 2 amide bonds. The normalized spacial score (nSPS) is 16.7. The van der Waals surface area contributed by atoms with E-state index in [-0.39, 0.29) is 23.3 Å². The number of para-hydroxylation sites is 1. The van der Waals surface area contributed by atoms with Gasteiger partial charge in [-0.3, -0.25) is 9.59 Å². The maximum atomic E-state index is 12.5. The maximum absolute atomic E-state index is 12.5. The van der Waals surface area contributed by atoms with Crippen molar-refractivity contribution in [3.63, 3.8) is 0 Å². The van der Waals surface area contributed by atoms with Crippen molar-refractivity contribution < 1.29 is 9.59 Å². The van der Waals surface area contributed by atoms with Gasteiger partial charge in [0, 0.05) is 12.5 Å². The fourth-order valence-corrected chi connectivity index (χ4v) is 3.42. The predicted molar refractivity (Wildman–Crippen MR) is 96.9 cm³/mol. The number of hydrogen-bond donors (Lipinski definition) is 3. The third-order valence-electron chi connectivity index (χ3n) is 4.75. The van der Waals surface area contributed by atoms with Crippen molar-refractivity contribution in [2.75, 3.05) is 11.9 Å². The van der Waals surface area contributed by atoms with E-state index >= 15 is 0 Å². The average Bonchev–Trinajstić information content (AvgIpc) is 2.55. The Hall–Kier alpha value is -1.88. The van der Waals surface area contributed by atoms with Crippen LogP contribution >= 0.6 is 0 Å². The number of amides is 2. The van der Waals surface area contributed by atoms with Crippen molar-refractivity contribution in [1.82, 2.24) is 5.32 Å². The highest BCUT2D eigenvalue weighted by atomic mass is 16.2. The van der Waals surface area contributed by atoms with Crippen LogP contribution in [0.15, 0.2) is 24.3 Å². The predicted octanol–water partition coefficient (Wildman–Crippen LogP) is 3.06. The van der Waals surface area contributed by atoms with E-state index in [9.17, 15) is 9.59 Å². The Morgan fingerprint density at radius 3 is 2.46 bits per heavy atom. The fraction of sp³-hybridized carbons (Fsp3) is 0.579. The minimum Gasteiger partial charge on any atom is -0.350 e. The van der Waals surface area contributed by atoms with Crippen molar-refractivity contribution in [3.05, 3.63) is 29.8 Å². The standard InChI is InChI=1S/C19H29N3O2/c1-14(2)21-18(24)15-8-4-5-9-16(15)22-17(23)12-19(13-20)10-6-3-7-11-19/h4-5,8-9,14H,3,6-7,10-13,20H2,1-2H3,(H,21,24)(H,22,23). The van der Waals surface area contributed by atoms with Crippen LogP contribution < -0.4 is 16.4 Å². The lowest BCUT2D eigenvalue weighted by molar-refractivity contribution is -0.118. The van der Waals surface area contributed by atoms with E-state index in [0.29, 0.717) is 24.2 Å². The highest BCUT2D eigenvalue weighted by Gasteiger charge is 2.33. The van der Waals surface area contributed by atoms with Crippen LogP contribution in [-0.4, -0.2) is 24.4 Å². The average molecular weight is 331 g/mol. The van der Waals surface area contributed by atoms with E-state index in [4.69, 9.17) is 5.73 Å². The molecule has 1 saturated carbocycles. The molecule has 5 heteroatoms. The Bertz CT molecular complexity index is 578. The van der Waals surface area contributed by atoms with Crippen LogP contribution in [0.25, 0.3) is 0 Å². The molecule has 1 fully saturated rings. The van der Waals surface area contributed by atoms with Gasteiger partial charge in [0.1, 0.15) is 0 Å². The second-order valence-electron chi connectivity index (χ2n) is 7.16. The smallest absolute Gasteiger partial charge is 0.253 e. The minimum absolute atomic E-state index is 0.0454. The first-order valence-corrected chi connectivity index (χ1v) is 8.85. The van der Waals surface area contributed by atoms with Crippen LogP contribution in [0.5, 0.6) is 0 Å². The Labute approximate surface area is 144 Å². The lowest BCUT2D eigenvalue weighted by Gasteiger charge is -2.35. The molecular formula is C19H29N3O2. The first-order chi connectivity index (χ1) is 11.5. The highest BCUT2D eigenvalue weighted by molar-refractivity contribution is 6.03. The second kappa shape index (κ2) is 8.29. The van der Waals surface area contributed by atoms with Gasteiger partial charge < -0.3 is 16.4 Å². The largest absolute Gasteiger partial charge is 0.350 e. The number of carbonyl (C=O) groups excluding carboxylic acids is 2. The van der Waals surface area contributed by atoms with Crippen molar-refractivity contribution in [1.29, 1.82) is 0 Å². The zero-order valence-corrected chi connectivity index (χ0v) is 14.7. The Balaban J connectivity index is 2.07. The van der Waals surface area contributed by atoms with E-state index in [1.165, 1.54) is 6.42 Å². The van der Waals surface area contributed by atoms with Gasteiger partial charge in [0.15, 0.2) is 0 Å². The molecule has 1 aromatic rings. The highest BCUT2D eigenvalue weighted by Crippen LogP contribution is 2.38. The topological polar surface area (TPSA) is 84.2 Å². The van der Waals surface area contributed by atoms with Crippen LogP contribution in [0.1, 0.15) is 62.7 Å². The molecule has 132 valence electrons. The zero-order chi connectivity index (χ0) is 17.6. The summed E-state index contributed by atoms with van der Waals surface area (Å²) in [6, 6.07) is 7.16. The van der Waals surface area contributed by atoms with Gasteiger partial charge in [-0.1, -0.05) is 31.4 Å². The molecule has 2 rings (SSSR count). The quantitative estimate of drug-likeness (QED) is 0.749. The van der Waals surface area contributed by atoms with Gasteiger partial charge in [0.2, 0.25) is 5.91 Å². The summed E-state index contributed by atoms with van der Waals surface area (Å²) in [5.74, 6) is -0.237. The molecule has 0 unspecified atom stereocenters. The number of benzene rings is 1. The van der Waals surface area contributed by atoms with Crippen LogP contribution in [0.4, 0.5) is 5.69 Å². The number of hydrogen-bond acceptors (Lipinski definition) is 3. The first-order valence-electron chi connectivity index (χ1n) is 8.85. The van der Waals surface area contributed by atoms with E-state index < -0.39 is 0 Å². The Morgan fingerprint density at radius 2 is 1.83 bits per heavy atom. The molecule has 5 nitrogen and oxygen atoms in total. The molecule has 1 aliphatic rings. The summed E-state index contributed by atoms with van der Waals surface area (Å²) in [6.07, 6.45) is 5.93. The number of anilines is 1. The molecule has 0 heterocycles. The molecular weight excluding hydrogens is 302 g/mol. The molecule has 1 aromatic carbocycles. The summed E-state index contributed by atoms with van der Waals surface area (Å²) >= 11 is 0. The number of rotatable bonds is 6. The second-order valence-corrected chi connectivity index (χ2v) is 7.16. The van der Waals surface area contributed by atoms with E-state index in [1.54, 1.807) is 18.2 Å². The van der Waals surface area contributed by atoms with Crippen LogP contribution in [0, 0.1) is 5.41 Å². The molecule has 24 heavy (non-hydrogen) atoms. The minimum atomic E-state index is -0.174. The molecule has 0 aliphatic heterocycles. The monoisotopic (exact) mass is 331 g/mol. The van der Waals surface area contributed by atoms with Gasteiger partial charge in [-0.15, -0.1) is 0 Å². The van der Waals surface area contributed by atoms with Gasteiger partial charge in [0.05, 0.1) is 11.3 Å². The Morgan fingerprint density at radius 1 is 1.17 bits per heavy atom. The lowest BCUT2D eigenvalue weighted by atomic mass is 9.71. The van der Waals surface area contributed by atoms with Crippen molar-refractivity contribution in [2.45, 2.75) is 58.4 Å². The molecule has 1 aliphatic carbocycles. The molecule has 4 N–H and O–H groups in total. The number of nitrogens with two attached hydrogens (primary N) is 1.